The van der Waals surface area contributed by atoms with Gasteiger partial charge in [-0.05, 0) is 24.1 Å². The van der Waals surface area contributed by atoms with Crippen molar-refractivity contribution in [3.8, 4) is 0 Å². The van der Waals surface area contributed by atoms with Crippen molar-refractivity contribution in [1.82, 2.24) is 4.90 Å². The van der Waals surface area contributed by atoms with Crippen LogP contribution in [0, 0.1) is 5.92 Å². The van der Waals surface area contributed by atoms with E-state index in [9.17, 15) is 4.79 Å². The molecule has 19 heavy (non-hydrogen) atoms. The molecule has 102 valence electrons. The van der Waals surface area contributed by atoms with Crippen LogP contribution in [0.4, 0.5) is 0 Å². The molecule has 2 rings (SSSR count). The number of nitrogens with two attached hydrogens (primary N) is 1. The molecule has 0 radical (unpaired) electrons. The molecule has 3 nitrogen and oxygen atoms in total. The topological polar surface area (TPSA) is 46.3 Å². The molecule has 1 aliphatic carbocycles. The second-order valence-corrected chi connectivity index (χ2v) is 5.65. The number of halogens is 2. The Morgan fingerprint density at radius 3 is 2.68 bits per heavy atom. The molecule has 0 heterocycles. The van der Waals surface area contributed by atoms with Gasteiger partial charge in [0.2, 0.25) is 5.91 Å². The number of carbonyl (C=O) groups is 1. The van der Waals surface area contributed by atoms with E-state index >= 15 is 0 Å². The summed E-state index contributed by atoms with van der Waals surface area (Å²) in [5, 5.41) is 1.02. The molecule has 2 N–H and O–H groups in total. The Hall–Kier alpha value is -1.03. The third kappa shape index (κ3) is 3.50. The zero-order valence-electron chi connectivity index (χ0n) is 10.6. The SMILES string of the molecule is CN(Cc1ccc(Cl)c(Cl)c1)C(=O)C1C=CC(N)C1. The van der Waals surface area contributed by atoms with Crippen LogP contribution in [0.15, 0.2) is 30.4 Å². The minimum Gasteiger partial charge on any atom is -0.341 e. The Kier molecular flexibility index (Phi) is 4.50. The first-order chi connectivity index (χ1) is 8.97. The Morgan fingerprint density at radius 2 is 2.11 bits per heavy atom. The van der Waals surface area contributed by atoms with Gasteiger partial charge in [-0.3, -0.25) is 4.79 Å². The van der Waals surface area contributed by atoms with Gasteiger partial charge in [0.1, 0.15) is 0 Å². The fourth-order valence-electron chi connectivity index (χ4n) is 2.18. The van der Waals surface area contributed by atoms with Gasteiger partial charge >= 0.3 is 0 Å². The van der Waals surface area contributed by atoms with Crippen molar-refractivity contribution in [2.75, 3.05) is 7.05 Å². The number of hydrogen-bond acceptors (Lipinski definition) is 2. The maximum atomic E-state index is 12.2. The van der Waals surface area contributed by atoms with Crippen LogP contribution >= 0.6 is 23.2 Å². The smallest absolute Gasteiger partial charge is 0.229 e. The lowest BCUT2D eigenvalue weighted by Crippen LogP contribution is -2.32. The van der Waals surface area contributed by atoms with Crippen molar-refractivity contribution in [3.63, 3.8) is 0 Å². The second-order valence-electron chi connectivity index (χ2n) is 4.83. The standard InChI is InChI=1S/C14H16Cl2N2O/c1-18(14(19)10-3-4-11(17)7-10)8-9-2-5-12(15)13(16)6-9/h2-6,10-11H,7-8,17H2,1H3. The molecule has 0 saturated heterocycles. The van der Waals surface area contributed by atoms with E-state index in [0.29, 0.717) is 23.0 Å². The quantitative estimate of drug-likeness (QED) is 0.872. The van der Waals surface area contributed by atoms with Crippen molar-refractivity contribution >= 4 is 29.1 Å². The highest BCUT2D eigenvalue weighted by Gasteiger charge is 2.25. The predicted molar refractivity (Wildman–Crippen MR) is 78.2 cm³/mol. The van der Waals surface area contributed by atoms with Gasteiger partial charge < -0.3 is 10.6 Å². The maximum absolute atomic E-state index is 12.2. The molecule has 0 bridgehead atoms. The van der Waals surface area contributed by atoms with E-state index < -0.39 is 0 Å². The van der Waals surface area contributed by atoms with Crippen LogP contribution in [-0.4, -0.2) is 23.9 Å². The van der Waals surface area contributed by atoms with E-state index in [-0.39, 0.29) is 17.9 Å². The number of nitrogens with zero attached hydrogens (tertiary/aromatic N) is 1. The minimum atomic E-state index is -0.109. The van der Waals surface area contributed by atoms with Crippen LogP contribution in [0.25, 0.3) is 0 Å². The molecular weight excluding hydrogens is 283 g/mol. The molecule has 1 amide bonds. The van der Waals surface area contributed by atoms with Gasteiger partial charge in [0.25, 0.3) is 0 Å². The number of amides is 1. The van der Waals surface area contributed by atoms with E-state index in [1.54, 1.807) is 24.1 Å². The first-order valence-electron chi connectivity index (χ1n) is 6.10. The number of carbonyl (C=O) groups excluding carboxylic acids is 1. The summed E-state index contributed by atoms with van der Waals surface area (Å²) < 4.78 is 0. The molecule has 0 spiro atoms. The monoisotopic (exact) mass is 298 g/mol. The Morgan fingerprint density at radius 1 is 1.37 bits per heavy atom. The first kappa shape index (κ1) is 14.4. The zero-order chi connectivity index (χ0) is 14.0. The minimum absolute atomic E-state index is 0.00711. The number of rotatable bonds is 3. The summed E-state index contributed by atoms with van der Waals surface area (Å²) in [6.07, 6.45) is 4.46. The fourth-order valence-corrected chi connectivity index (χ4v) is 2.50. The van der Waals surface area contributed by atoms with Gasteiger partial charge in [0.05, 0.1) is 16.0 Å². The summed E-state index contributed by atoms with van der Waals surface area (Å²) in [6.45, 7) is 0.509. The van der Waals surface area contributed by atoms with Gasteiger partial charge in [0.15, 0.2) is 0 Å². The summed E-state index contributed by atoms with van der Waals surface area (Å²) in [4.78, 5) is 13.9. The molecular formula is C14H16Cl2N2O. The normalized spacial score (nSPS) is 21.7. The summed E-state index contributed by atoms with van der Waals surface area (Å²) >= 11 is 11.8. The van der Waals surface area contributed by atoms with E-state index in [4.69, 9.17) is 28.9 Å². The molecule has 5 heteroatoms. The van der Waals surface area contributed by atoms with Crippen LogP contribution in [0.1, 0.15) is 12.0 Å². The summed E-state index contributed by atoms with van der Waals surface area (Å²) in [7, 11) is 1.78. The highest BCUT2D eigenvalue weighted by atomic mass is 35.5. The van der Waals surface area contributed by atoms with Crippen LogP contribution in [0.3, 0.4) is 0 Å². The summed E-state index contributed by atoms with van der Waals surface area (Å²) in [6, 6.07) is 5.38. The van der Waals surface area contributed by atoms with Gasteiger partial charge in [-0.15, -0.1) is 0 Å². The molecule has 0 fully saturated rings. The molecule has 1 aromatic carbocycles. The zero-order valence-corrected chi connectivity index (χ0v) is 12.2. The highest BCUT2D eigenvalue weighted by molar-refractivity contribution is 6.42. The largest absolute Gasteiger partial charge is 0.341 e. The summed E-state index contributed by atoms with van der Waals surface area (Å²) in [5.41, 5.74) is 6.72. The maximum Gasteiger partial charge on any atom is 0.229 e. The third-order valence-corrected chi connectivity index (χ3v) is 3.95. The average molecular weight is 299 g/mol. The Bertz CT molecular complexity index is 516. The van der Waals surface area contributed by atoms with Gasteiger partial charge in [-0.2, -0.15) is 0 Å². The van der Waals surface area contributed by atoms with Crippen molar-refractivity contribution < 1.29 is 4.79 Å². The Balaban J connectivity index is 2.00. The van der Waals surface area contributed by atoms with Crippen LogP contribution in [-0.2, 0) is 11.3 Å². The molecule has 1 aliphatic rings. The van der Waals surface area contributed by atoms with Gasteiger partial charge in [-0.1, -0.05) is 41.4 Å². The molecule has 0 aliphatic heterocycles. The second kappa shape index (κ2) is 5.95. The van der Waals surface area contributed by atoms with Gasteiger partial charge in [0, 0.05) is 19.6 Å². The lowest BCUT2D eigenvalue weighted by atomic mass is 10.1. The molecule has 0 saturated carbocycles. The third-order valence-electron chi connectivity index (χ3n) is 3.21. The first-order valence-corrected chi connectivity index (χ1v) is 6.86. The van der Waals surface area contributed by atoms with E-state index in [0.717, 1.165) is 5.56 Å². The van der Waals surface area contributed by atoms with Crippen LogP contribution in [0.5, 0.6) is 0 Å². The van der Waals surface area contributed by atoms with Crippen molar-refractivity contribution in [1.29, 1.82) is 0 Å². The van der Waals surface area contributed by atoms with Crippen molar-refractivity contribution in [3.05, 3.63) is 46.0 Å². The van der Waals surface area contributed by atoms with Crippen LogP contribution < -0.4 is 5.73 Å². The molecule has 2 unspecified atom stereocenters. The van der Waals surface area contributed by atoms with E-state index in [1.165, 1.54) is 0 Å². The van der Waals surface area contributed by atoms with Crippen molar-refractivity contribution in [2.24, 2.45) is 11.7 Å². The van der Waals surface area contributed by atoms with E-state index in [2.05, 4.69) is 0 Å². The molecule has 2 atom stereocenters. The number of hydrogen-bond donors (Lipinski definition) is 1. The van der Waals surface area contributed by atoms with Gasteiger partial charge in [-0.25, -0.2) is 0 Å². The average Bonchev–Trinajstić information content (AvgIpc) is 2.79. The van der Waals surface area contributed by atoms with Crippen molar-refractivity contribution in [2.45, 2.75) is 19.0 Å². The lowest BCUT2D eigenvalue weighted by Gasteiger charge is -2.21. The predicted octanol–water partition coefficient (Wildman–Crippen LogP) is 2.86. The lowest BCUT2D eigenvalue weighted by molar-refractivity contribution is -0.133. The number of benzene rings is 1. The molecule has 1 aromatic rings. The fraction of sp³-hybridized carbons (Fsp3) is 0.357. The summed E-state index contributed by atoms with van der Waals surface area (Å²) in [5.74, 6) is -0.0296. The van der Waals surface area contributed by atoms with Crippen LogP contribution in [0.2, 0.25) is 10.0 Å². The van der Waals surface area contributed by atoms with E-state index in [1.807, 2.05) is 18.2 Å². The highest BCUT2D eigenvalue weighted by Crippen LogP contribution is 2.24. The Labute approximate surface area is 123 Å². The molecule has 0 aromatic heterocycles.